The highest BCUT2D eigenvalue weighted by molar-refractivity contribution is 6.07. The molecule has 0 fully saturated rings. The molecule has 2 amide bonds. The van der Waals surface area contributed by atoms with Crippen LogP contribution in [0, 0.1) is 0 Å². The van der Waals surface area contributed by atoms with Crippen LogP contribution in [0.1, 0.15) is 30.0 Å². The molecule has 0 atom stereocenters. The van der Waals surface area contributed by atoms with E-state index in [1.165, 1.54) is 0 Å². The van der Waals surface area contributed by atoms with Crippen molar-refractivity contribution in [2.45, 2.75) is 26.9 Å². The molecule has 0 unspecified atom stereocenters. The Hall–Kier alpha value is -3.58. The van der Waals surface area contributed by atoms with Gasteiger partial charge in [0.2, 0.25) is 5.91 Å². The van der Waals surface area contributed by atoms with Crippen LogP contribution in [0.3, 0.4) is 0 Å². The molecule has 0 aliphatic rings. The van der Waals surface area contributed by atoms with Gasteiger partial charge in [-0.2, -0.15) is 0 Å². The molecule has 2 heterocycles. The van der Waals surface area contributed by atoms with E-state index in [1.807, 2.05) is 97.0 Å². The molecule has 33 heavy (non-hydrogen) atoms. The number of likely N-dealkylation sites (N-methyl/N-ethyl adjacent to an activating group) is 1. The Morgan fingerprint density at radius 2 is 1.79 bits per heavy atom. The van der Waals surface area contributed by atoms with Gasteiger partial charge in [0.1, 0.15) is 12.1 Å². The molecule has 2 aromatic heterocycles. The summed E-state index contributed by atoms with van der Waals surface area (Å²) in [5, 5.41) is 4.88. The Balaban J connectivity index is 1.57. The van der Waals surface area contributed by atoms with Crippen molar-refractivity contribution in [1.29, 1.82) is 0 Å². The summed E-state index contributed by atoms with van der Waals surface area (Å²) in [7, 11) is 3.93. The van der Waals surface area contributed by atoms with E-state index >= 15 is 0 Å². The van der Waals surface area contributed by atoms with Gasteiger partial charge in [-0.3, -0.25) is 9.59 Å². The van der Waals surface area contributed by atoms with Gasteiger partial charge in [-0.15, -0.1) is 0 Å². The van der Waals surface area contributed by atoms with Gasteiger partial charge in [0.25, 0.3) is 5.91 Å². The number of anilines is 1. The van der Waals surface area contributed by atoms with Crippen LogP contribution in [0.15, 0.2) is 59.1 Å². The van der Waals surface area contributed by atoms with Crippen molar-refractivity contribution >= 4 is 39.4 Å². The highest BCUT2D eigenvalue weighted by Gasteiger charge is 2.21. The first-order valence-electron chi connectivity index (χ1n) is 11.2. The maximum absolute atomic E-state index is 13.1. The smallest absolute Gasteiger partial charge is 0.291 e. The van der Waals surface area contributed by atoms with Crippen molar-refractivity contribution < 1.29 is 14.0 Å². The molecule has 0 radical (unpaired) electrons. The van der Waals surface area contributed by atoms with Crippen LogP contribution < -0.4 is 5.32 Å². The second-order valence-electron chi connectivity index (χ2n) is 8.38. The third kappa shape index (κ3) is 4.64. The number of benzene rings is 2. The van der Waals surface area contributed by atoms with Crippen molar-refractivity contribution in [3.05, 3.63) is 66.1 Å². The summed E-state index contributed by atoms with van der Waals surface area (Å²) < 4.78 is 7.87. The predicted octanol–water partition coefficient (Wildman–Crippen LogP) is 4.57. The summed E-state index contributed by atoms with van der Waals surface area (Å²) in [6.45, 7) is 6.25. The molecule has 1 N–H and O–H groups in total. The van der Waals surface area contributed by atoms with Gasteiger partial charge in [-0.1, -0.05) is 18.2 Å². The highest BCUT2D eigenvalue weighted by atomic mass is 16.3. The van der Waals surface area contributed by atoms with Gasteiger partial charge >= 0.3 is 0 Å². The number of nitrogens with zero attached hydrogens (tertiary/aromatic N) is 3. The van der Waals surface area contributed by atoms with E-state index < -0.39 is 0 Å². The molecular weight excluding hydrogens is 416 g/mol. The third-order valence-electron chi connectivity index (χ3n) is 5.83. The van der Waals surface area contributed by atoms with E-state index in [0.717, 1.165) is 21.9 Å². The largest absolute Gasteiger partial charge is 0.451 e. The number of nitrogens with one attached hydrogen (secondary N) is 1. The van der Waals surface area contributed by atoms with Crippen molar-refractivity contribution in [2.75, 3.05) is 32.5 Å². The number of fused-ring (bicyclic) bond motifs is 2. The molecule has 0 bridgehead atoms. The molecular formula is C26H30N4O3. The fraction of sp³-hybridized carbons (Fsp3) is 0.308. The van der Waals surface area contributed by atoms with Gasteiger partial charge in [-0.25, -0.2) is 0 Å². The Morgan fingerprint density at radius 3 is 2.52 bits per heavy atom. The Labute approximate surface area is 193 Å². The summed E-state index contributed by atoms with van der Waals surface area (Å²) in [5.74, 6) is 0.138. The predicted molar refractivity (Wildman–Crippen MR) is 131 cm³/mol. The van der Waals surface area contributed by atoms with E-state index in [2.05, 4.69) is 5.32 Å². The van der Waals surface area contributed by atoms with Crippen LogP contribution in [-0.2, 0) is 17.9 Å². The molecule has 2 aromatic carbocycles. The minimum Gasteiger partial charge on any atom is -0.451 e. The highest BCUT2D eigenvalue weighted by Crippen LogP contribution is 2.28. The van der Waals surface area contributed by atoms with Gasteiger partial charge in [0.05, 0.1) is 0 Å². The lowest BCUT2D eigenvalue weighted by Crippen LogP contribution is -2.33. The molecule has 0 saturated carbocycles. The number of rotatable bonds is 8. The van der Waals surface area contributed by atoms with Gasteiger partial charge < -0.3 is 24.1 Å². The second-order valence-corrected chi connectivity index (χ2v) is 8.38. The first-order chi connectivity index (χ1) is 15.9. The van der Waals surface area contributed by atoms with E-state index in [9.17, 15) is 9.59 Å². The zero-order chi connectivity index (χ0) is 23.5. The number of amides is 2. The van der Waals surface area contributed by atoms with Crippen LogP contribution in [0.5, 0.6) is 0 Å². The van der Waals surface area contributed by atoms with Crippen LogP contribution in [0.4, 0.5) is 5.69 Å². The Morgan fingerprint density at radius 1 is 1.03 bits per heavy atom. The van der Waals surface area contributed by atoms with Crippen LogP contribution in [-0.4, -0.2) is 53.4 Å². The van der Waals surface area contributed by atoms with E-state index in [-0.39, 0.29) is 11.8 Å². The van der Waals surface area contributed by atoms with Crippen LogP contribution in [0.25, 0.3) is 21.9 Å². The standard InChI is InChI=1S/C26H30N4O3/c1-5-29(6-2)24(31)17-30-14-13-18-15-19(11-12-22(18)30)27-26(32)25-21(16-28(3)4)20-9-7-8-10-23(20)33-25/h7-15H,5-6,16-17H2,1-4H3,(H,27,32). The zero-order valence-corrected chi connectivity index (χ0v) is 19.6. The van der Waals surface area contributed by atoms with Gasteiger partial charge in [0, 0.05) is 53.4 Å². The minimum absolute atomic E-state index is 0.0909. The number of furan rings is 1. The van der Waals surface area contributed by atoms with Crippen molar-refractivity contribution in [1.82, 2.24) is 14.4 Å². The molecule has 0 saturated heterocycles. The second kappa shape index (κ2) is 9.50. The molecule has 7 heteroatoms. The zero-order valence-electron chi connectivity index (χ0n) is 19.6. The van der Waals surface area contributed by atoms with E-state index in [4.69, 9.17) is 4.42 Å². The first-order valence-corrected chi connectivity index (χ1v) is 11.2. The number of para-hydroxylation sites is 1. The number of carbonyl (C=O) groups excluding carboxylic acids is 2. The van der Waals surface area contributed by atoms with Gasteiger partial charge in [0.15, 0.2) is 5.76 Å². The summed E-state index contributed by atoms with van der Waals surface area (Å²) >= 11 is 0. The normalized spacial score (nSPS) is 11.4. The fourth-order valence-electron chi connectivity index (χ4n) is 4.18. The lowest BCUT2D eigenvalue weighted by atomic mass is 10.1. The lowest BCUT2D eigenvalue weighted by molar-refractivity contribution is -0.131. The summed E-state index contributed by atoms with van der Waals surface area (Å²) in [6, 6.07) is 15.4. The van der Waals surface area contributed by atoms with Crippen molar-refractivity contribution in [2.24, 2.45) is 0 Å². The van der Waals surface area contributed by atoms with Gasteiger partial charge in [-0.05, 0) is 58.3 Å². The molecule has 4 aromatic rings. The average Bonchev–Trinajstić information content (AvgIpc) is 3.35. The maximum atomic E-state index is 13.1. The monoisotopic (exact) mass is 446 g/mol. The third-order valence-corrected chi connectivity index (χ3v) is 5.83. The fourth-order valence-corrected chi connectivity index (χ4v) is 4.18. The molecule has 0 aliphatic heterocycles. The summed E-state index contributed by atoms with van der Waals surface area (Å²) in [4.78, 5) is 29.5. The SMILES string of the molecule is CCN(CC)C(=O)Cn1ccc2cc(NC(=O)c3oc4ccccc4c3CN(C)C)ccc21. The molecule has 0 aliphatic carbocycles. The number of hydrogen-bond acceptors (Lipinski definition) is 4. The average molecular weight is 447 g/mol. The Bertz CT molecular complexity index is 1300. The molecule has 172 valence electrons. The topological polar surface area (TPSA) is 70.7 Å². The molecule has 4 rings (SSSR count). The number of aromatic nitrogens is 1. The van der Waals surface area contributed by atoms with Crippen molar-refractivity contribution in [3.8, 4) is 0 Å². The minimum atomic E-state index is -0.279. The molecule has 0 spiro atoms. The maximum Gasteiger partial charge on any atom is 0.291 e. The number of hydrogen-bond donors (Lipinski definition) is 1. The molecule has 7 nitrogen and oxygen atoms in total. The summed E-state index contributed by atoms with van der Waals surface area (Å²) in [5.41, 5.74) is 3.20. The van der Waals surface area contributed by atoms with Crippen LogP contribution in [0.2, 0.25) is 0 Å². The van der Waals surface area contributed by atoms with E-state index in [0.29, 0.717) is 43.2 Å². The van der Waals surface area contributed by atoms with Crippen molar-refractivity contribution in [3.63, 3.8) is 0 Å². The van der Waals surface area contributed by atoms with Crippen LogP contribution >= 0.6 is 0 Å². The summed E-state index contributed by atoms with van der Waals surface area (Å²) in [6.07, 6.45) is 1.91. The first kappa shape index (κ1) is 22.6. The Kier molecular flexibility index (Phi) is 6.51. The lowest BCUT2D eigenvalue weighted by Gasteiger charge is -2.19. The van der Waals surface area contributed by atoms with E-state index in [1.54, 1.807) is 0 Å². The number of carbonyl (C=O) groups is 2. The quantitative estimate of drug-likeness (QED) is 0.430.